The van der Waals surface area contributed by atoms with Crippen LogP contribution in [0.2, 0.25) is 0 Å². The minimum Gasteiger partial charge on any atom is -0.477 e. The van der Waals surface area contributed by atoms with Crippen molar-refractivity contribution in [2.75, 3.05) is 18.4 Å². The van der Waals surface area contributed by atoms with E-state index in [1.165, 1.54) is 0 Å². The molecule has 1 aliphatic heterocycles. The Morgan fingerprint density at radius 1 is 1.62 bits per heavy atom. The van der Waals surface area contributed by atoms with E-state index < -0.39 is 6.10 Å². The molecule has 0 spiro atoms. The molecular weight excluding hydrogens is 206 g/mol. The SMILES string of the molecule is N#CCNC(=O)C1CNc2ccccc2O1. The number of rotatable bonds is 2. The van der Waals surface area contributed by atoms with E-state index in [0.29, 0.717) is 12.3 Å². The number of hydrogen-bond donors (Lipinski definition) is 2. The molecule has 1 aromatic rings. The second-order valence-corrected chi connectivity index (χ2v) is 3.36. The first-order valence-electron chi connectivity index (χ1n) is 4.95. The summed E-state index contributed by atoms with van der Waals surface area (Å²) in [5.74, 6) is 0.384. The van der Waals surface area contributed by atoms with Gasteiger partial charge in [-0.05, 0) is 12.1 Å². The first kappa shape index (κ1) is 10.3. The van der Waals surface area contributed by atoms with Crippen molar-refractivity contribution in [2.45, 2.75) is 6.10 Å². The van der Waals surface area contributed by atoms with Gasteiger partial charge in [-0.1, -0.05) is 12.1 Å². The molecule has 0 radical (unpaired) electrons. The van der Waals surface area contributed by atoms with E-state index in [0.717, 1.165) is 5.69 Å². The molecule has 1 atom stereocenters. The van der Waals surface area contributed by atoms with Crippen molar-refractivity contribution >= 4 is 11.6 Å². The third-order valence-electron chi connectivity index (χ3n) is 2.27. The maximum atomic E-state index is 11.5. The standard InChI is InChI=1S/C11H11N3O2/c12-5-6-13-11(15)10-7-14-8-3-1-2-4-9(8)16-10/h1-4,10,14H,6-7H2,(H,13,15). The first-order chi connectivity index (χ1) is 7.81. The third-order valence-corrected chi connectivity index (χ3v) is 2.27. The van der Waals surface area contributed by atoms with Crippen LogP contribution in [0.3, 0.4) is 0 Å². The fraction of sp³-hybridized carbons (Fsp3) is 0.273. The molecule has 2 rings (SSSR count). The van der Waals surface area contributed by atoms with E-state index in [4.69, 9.17) is 10.00 Å². The van der Waals surface area contributed by atoms with Gasteiger partial charge in [-0.15, -0.1) is 0 Å². The van der Waals surface area contributed by atoms with Gasteiger partial charge < -0.3 is 15.4 Å². The zero-order valence-corrected chi connectivity index (χ0v) is 8.56. The average molecular weight is 217 g/mol. The van der Waals surface area contributed by atoms with Crippen molar-refractivity contribution in [3.8, 4) is 11.8 Å². The molecule has 0 aliphatic carbocycles. The number of anilines is 1. The highest BCUT2D eigenvalue weighted by atomic mass is 16.5. The van der Waals surface area contributed by atoms with Crippen molar-refractivity contribution in [2.24, 2.45) is 0 Å². The zero-order valence-electron chi connectivity index (χ0n) is 8.56. The smallest absolute Gasteiger partial charge is 0.263 e. The summed E-state index contributed by atoms with van der Waals surface area (Å²) < 4.78 is 5.51. The number of hydrogen-bond acceptors (Lipinski definition) is 4. The summed E-state index contributed by atoms with van der Waals surface area (Å²) in [4.78, 5) is 11.5. The number of carbonyl (C=O) groups excluding carboxylic acids is 1. The molecule has 0 saturated heterocycles. The topological polar surface area (TPSA) is 74.2 Å². The van der Waals surface area contributed by atoms with E-state index in [1.807, 2.05) is 24.3 Å². The Bertz CT molecular complexity index is 439. The summed E-state index contributed by atoms with van der Waals surface area (Å²) in [7, 11) is 0. The molecule has 1 heterocycles. The van der Waals surface area contributed by atoms with E-state index in [1.54, 1.807) is 6.07 Å². The largest absolute Gasteiger partial charge is 0.477 e. The van der Waals surface area contributed by atoms with Crippen LogP contribution in [-0.4, -0.2) is 25.1 Å². The average Bonchev–Trinajstić information content (AvgIpc) is 2.35. The Morgan fingerprint density at radius 3 is 3.25 bits per heavy atom. The van der Waals surface area contributed by atoms with Crippen LogP contribution >= 0.6 is 0 Å². The molecule has 2 N–H and O–H groups in total. The first-order valence-corrected chi connectivity index (χ1v) is 4.95. The highest BCUT2D eigenvalue weighted by molar-refractivity contribution is 5.83. The lowest BCUT2D eigenvalue weighted by Crippen LogP contribution is -2.44. The highest BCUT2D eigenvalue weighted by Crippen LogP contribution is 2.27. The van der Waals surface area contributed by atoms with Gasteiger partial charge in [0, 0.05) is 0 Å². The molecule has 5 nitrogen and oxygen atoms in total. The van der Waals surface area contributed by atoms with E-state index >= 15 is 0 Å². The van der Waals surface area contributed by atoms with Crippen LogP contribution in [0, 0.1) is 11.3 Å². The van der Waals surface area contributed by atoms with Crippen LogP contribution in [0.25, 0.3) is 0 Å². The zero-order chi connectivity index (χ0) is 11.4. The van der Waals surface area contributed by atoms with Crippen LogP contribution in [0.15, 0.2) is 24.3 Å². The van der Waals surface area contributed by atoms with Crippen LogP contribution in [0.5, 0.6) is 5.75 Å². The number of amides is 1. The molecule has 1 amide bonds. The van der Waals surface area contributed by atoms with Crippen LogP contribution in [0.4, 0.5) is 5.69 Å². The minimum absolute atomic E-state index is 0.000337. The Labute approximate surface area is 93.0 Å². The molecule has 1 unspecified atom stereocenters. The quantitative estimate of drug-likeness (QED) is 0.707. The van der Waals surface area contributed by atoms with Gasteiger partial charge in [0.2, 0.25) is 0 Å². The van der Waals surface area contributed by atoms with Crippen LogP contribution in [-0.2, 0) is 4.79 Å². The summed E-state index contributed by atoms with van der Waals surface area (Å²) in [6, 6.07) is 9.27. The van der Waals surface area contributed by atoms with Crippen molar-refractivity contribution < 1.29 is 9.53 Å². The fourth-order valence-electron chi connectivity index (χ4n) is 1.50. The maximum absolute atomic E-state index is 11.5. The lowest BCUT2D eigenvalue weighted by molar-refractivity contribution is -0.127. The molecule has 0 bridgehead atoms. The van der Waals surface area contributed by atoms with Crippen molar-refractivity contribution in [1.29, 1.82) is 5.26 Å². The summed E-state index contributed by atoms with van der Waals surface area (Å²) in [5, 5.41) is 13.9. The number of carbonyl (C=O) groups is 1. The van der Waals surface area contributed by atoms with Gasteiger partial charge in [0.1, 0.15) is 12.3 Å². The minimum atomic E-state index is -0.580. The van der Waals surface area contributed by atoms with Gasteiger partial charge in [0.15, 0.2) is 6.10 Å². The summed E-state index contributed by atoms with van der Waals surface area (Å²) in [5.41, 5.74) is 0.881. The fourth-order valence-corrected chi connectivity index (χ4v) is 1.50. The normalized spacial score (nSPS) is 17.3. The lowest BCUT2D eigenvalue weighted by Gasteiger charge is -2.26. The van der Waals surface area contributed by atoms with E-state index in [2.05, 4.69) is 10.6 Å². The predicted octanol–water partition coefficient (Wildman–Crippen LogP) is 0.499. The lowest BCUT2D eigenvalue weighted by atomic mass is 10.2. The van der Waals surface area contributed by atoms with Crippen LogP contribution < -0.4 is 15.4 Å². The monoisotopic (exact) mass is 217 g/mol. The Kier molecular flexibility index (Phi) is 2.92. The maximum Gasteiger partial charge on any atom is 0.263 e. The summed E-state index contributed by atoms with van der Waals surface area (Å²) >= 11 is 0. The highest BCUT2D eigenvalue weighted by Gasteiger charge is 2.24. The summed E-state index contributed by atoms with van der Waals surface area (Å²) in [6.07, 6.45) is -0.580. The molecular formula is C11H11N3O2. The van der Waals surface area contributed by atoms with Gasteiger partial charge in [-0.2, -0.15) is 5.26 Å². The number of nitriles is 1. The van der Waals surface area contributed by atoms with Crippen molar-refractivity contribution in [3.05, 3.63) is 24.3 Å². The van der Waals surface area contributed by atoms with Gasteiger partial charge in [-0.25, -0.2) is 0 Å². The molecule has 0 saturated carbocycles. The predicted molar refractivity (Wildman–Crippen MR) is 58.0 cm³/mol. The second-order valence-electron chi connectivity index (χ2n) is 3.36. The van der Waals surface area contributed by atoms with E-state index in [9.17, 15) is 4.79 Å². The molecule has 16 heavy (non-hydrogen) atoms. The summed E-state index contributed by atoms with van der Waals surface area (Å²) in [6.45, 7) is 0.411. The van der Waals surface area contributed by atoms with Crippen LogP contribution in [0.1, 0.15) is 0 Å². The number of nitrogens with zero attached hydrogens (tertiary/aromatic N) is 1. The molecule has 5 heteroatoms. The Balaban J connectivity index is 2.03. The second kappa shape index (κ2) is 4.53. The van der Waals surface area contributed by atoms with Gasteiger partial charge in [-0.3, -0.25) is 4.79 Å². The number of benzene rings is 1. The Morgan fingerprint density at radius 2 is 2.44 bits per heavy atom. The number of ether oxygens (including phenoxy) is 1. The third kappa shape index (κ3) is 2.06. The molecule has 1 aliphatic rings. The van der Waals surface area contributed by atoms with E-state index in [-0.39, 0.29) is 12.5 Å². The van der Waals surface area contributed by atoms with Gasteiger partial charge >= 0.3 is 0 Å². The van der Waals surface area contributed by atoms with Crippen molar-refractivity contribution in [3.63, 3.8) is 0 Å². The molecule has 0 aromatic heterocycles. The molecule has 1 aromatic carbocycles. The number of nitrogens with one attached hydrogen (secondary N) is 2. The number of para-hydroxylation sites is 2. The molecule has 0 fully saturated rings. The molecule has 82 valence electrons. The number of fused-ring (bicyclic) bond motifs is 1. The van der Waals surface area contributed by atoms with Crippen molar-refractivity contribution in [1.82, 2.24) is 5.32 Å². The van der Waals surface area contributed by atoms with Gasteiger partial charge in [0.25, 0.3) is 5.91 Å². The Hall–Kier alpha value is -2.22. The van der Waals surface area contributed by atoms with Gasteiger partial charge in [0.05, 0.1) is 18.3 Å².